The highest BCUT2D eigenvalue weighted by atomic mass is 35.5. The molecule has 4 rings (SSSR count). The first kappa shape index (κ1) is 15.3. The third kappa shape index (κ3) is 3.17. The molecule has 1 saturated carbocycles. The third-order valence-electron chi connectivity index (χ3n) is 4.60. The smallest absolute Gasteiger partial charge is 0.221 e. The van der Waals surface area contributed by atoms with Crippen molar-refractivity contribution in [1.82, 2.24) is 10.3 Å². The molecule has 1 amide bonds. The lowest BCUT2D eigenvalue weighted by Gasteiger charge is -2.17. The van der Waals surface area contributed by atoms with Crippen LogP contribution >= 0.6 is 11.6 Å². The molecular formula is C20H19ClN2O. The van der Waals surface area contributed by atoms with E-state index in [1.807, 2.05) is 42.6 Å². The fourth-order valence-electron chi connectivity index (χ4n) is 3.18. The van der Waals surface area contributed by atoms with Crippen molar-refractivity contribution in [2.24, 2.45) is 0 Å². The van der Waals surface area contributed by atoms with E-state index in [9.17, 15) is 4.79 Å². The van der Waals surface area contributed by atoms with Crippen LogP contribution in [0, 0.1) is 0 Å². The number of hydrogen-bond acceptors (Lipinski definition) is 1. The van der Waals surface area contributed by atoms with Gasteiger partial charge in [-0.1, -0.05) is 41.9 Å². The Hall–Kier alpha value is -2.26. The summed E-state index contributed by atoms with van der Waals surface area (Å²) in [6.45, 7) is 0. The topological polar surface area (TPSA) is 44.9 Å². The monoisotopic (exact) mass is 338 g/mol. The van der Waals surface area contributed by atoms with Gasteiger partial charge in [0.15, 0.2) is 0 Å². The highest BCUT2D eigenvalue weighted by Gasteiger charge is 2.26. The van der Waals surface area contributed by atoms with Crippen molar-refractivity contribution in [3.05, 3.63) is 70.9 Å². The van der Waals surface area contributed by atoms with E-state index in [0.29, 0.717) is 17.5 Å². The minimum absolute atomic E-state index is 0.0113. The predicted octanol–water partition coefficient (Wildman–Crippen LogP) is 4.62. The number of amides is 1. The number of H-pyrrole nitrogens is 1. The molecule has 2 N–H and O–H groups in total. The molecular weight excluding hydrogens is 320 g/mol. The van der Waals surface area contributed by atoms with Crippen molar-refractivity contribution >= 4 is 28.4 Å². The molecule has 1 aliphatic rings. The molecule has 122 valence electrons. The van der Waals surface area contributed by atoms with E-state index in [4.69, 9.17) is 11.6 Å². The zero-order valence-electron chi connectivity index (χ0n) is 13.3. The minimum Gasteiger partial charge on any atom is -0.361 e. The summed E-state index contributed by atoms with van der Waals surface area (Å²) in [6.07, 6.45) is 4.67. The van der Waals surface area contributed by atoms with E-state index in [2.05, 4.69) is 22.4 Å². The largest absolute Gasteiger partial charge is 0.361 e. The molecule has 1 aromatic heterocycles. The second kappa shape index (κ2) is 6.33. The summed E-state index contributed by atoms with van der Waals surface area (Å²) >= 11 is 6.03. The van der Waals surface area contributed by atoms with Gasteiger partial charge in [-0.2, -0.15) is 0 Å². The van der Waals surface area contributed by atoms with Crippen LogP contribution in [0.1, 0.15) is 36.3 Å². The van der Waals surface area contributed by atoms with Gasteiger partial charge >= 0.3 is 0 Å². The van der Waals surface area contributed by atoms with Gasteiger partial charge in [0.2, 0.25) is 5.91 Å². The molecule has 1 aliphatic carbocycles. The Morgan fingerprint density at radius 1 is 1.17 bits per heavy atom. The first-order valence-corrected chi connectivity index (χ1v) is 8.69. The number of aromatic amines is 1. The number of halogens is 1. The number of benzene rings is 2. The van der Waals surface area contributed by atoms with Gasteiger partial charge in [-0.15, -0.1) is 0 Å². The molecule has 1 heterocycles. The molecule has 4 heteroatoms. The standard InChI is InChI=1S/C20H19ClN2O/c21-14-7-5-13(6-8-14)17(11-20(24)23-15-9-10-15)18-12-22-19-4-2-1-3-16(18)19/h1-8,12,15,17,22H,9-11H2,(H,23,24). The fourth-order valence-corrected chi connectivity index (χ4v) is 3.31. The van der Waals surface area contributed by atoms with E-state index >= 15 is 0 Å². The van der Waals surface area contributed by atoms with Gasteiger partial charge in [-0.25, -0.2) is 0 Å². The maximum Gasteiger partial charge on any atom is 0.221 e. The molecule has 2 aromatic carbocycles. The van der Waals surface area contributed by atoms with Crippen molar-refractivity contribution in [2.45, 2.75) is 31.2 Å². The molecule has 24 heavy (non-hydrogen) atoms. The third-order valence-corrected chi connectivity index (χ3v) is 4.85. The summed E-state index contributed by atoms with van der Waals surface area (Å²) in [7, 11) is 0. The Balaban J connectivity index is 1.71. The Morgan fingerprint density at radius 3 is 2.67 bits per heavy atom. The van der Waals surface area contributed by atoms with Crippen LogP contribution in [0.4, 0.5) is 0 Å². The molecule has 1 unspecified atom stereocenters. The lowest BCUT2D eigenvalue weighted by molar-refractivity contribution is -0.121. The van der Waals surface area contributed by atoms with Crippen LogP contribution in [0.25, 0.3) is 10.9 Å². The van der Waals surface area contributed by atoms with Gasteiger partial charge in [0.25, 0.3) is 0 Å². The zero-order chi connectivity index (χ0) is 16.5. The van der Waals surface area contributed by atoms with Crippen molar-refractivity contribution in [1.29, 1.82) is 0 Å². The maximum absolute atomic E-state index is 12.4. The van der Waals surface area contributed by atoms with Crippen molar-refractivity contribution in [3.8, 4) is 0 Å². The summed E-state index contributed by atoms with van der Waals surface area (Å²) in [5.41, 5.74) is 3.35. The Bertz CT molecular complexity index is 865. The van der Waals surface area contributed by atoms with E-state index in [-0.39, 0.29) is 11.8 Å². The number of fused-ring (bicyclic) bond motifs is 1. The van der Waals surface area contributed by atoms with Crippen LogP contribution in [0.2, 0.25) is 5.02 Å². The summed E-state index contributed by atoms with van der Waals surface area (Å²) in [5.74, 6) is 0.125. The van der Waals surface area contributed by atoms with Gasteiger partial charge in [-0.3, -0.25) is 4.79 Å². The second-order valence-electron chi connectivity index (χ2n) is 6.44. The van der Waals surface area contributed by atoms with Crippen LogP contribution in [0.15, 0.2) is 54.7 Å². The van der Waals surface area contributed by atoms with Crippen molar-refractivity contribution in [3.63, 3.8) is 0 Å². The number of carbonyl (C=O) groups excluding carboxylic acids is 1. The number of carbonyl (C=O) groups is 1. The van der Waals surface area contributed by atoms with Gasteiger partial charge in [-0.05, 0) is 42.2 Å². The minimum atomic E-state index is 0.0113. The molecule has 0 spiro atoms. The molecule has 3 aromatic rings. The average molecular weight is 339 g/mol. The Morgan fingerprint density at radius 2 is 1.92 bits per heavy atom. The number of nitrogens with one attached hydrogen (secondary N) is 2. The van der Waals surface area contributed by atoms with Gasteiger partial charge < -0.3 is 10.3 Å². The normalized spacial score (nSPS) is 15.4. The SMILES string of the molecule is O=C(CC(c1ccc(Cl)cc1)c1c[nH]c2ccccc12)NC1CC1. The number of hydrogen-bond donors (Lipinski definition) is 2. The summed E-state index contributed by atoms with van der Waals surface area (Å²) < 4.78 is 0. The zero-order valence-corrected chi connectivity index (χ0v) is 14.0. The molecule has 0 saturated heterocycles. The molecule has 0 aliphatic heterocycles. The van der Waals surface area contributed by atoms with E-state index in [1.54, 1.807) is 0 Å². The summed E-state index contributed by atoms with van der Waals surface area (Å²) in [5, 5.41) is 4.97. The quantitative estimate of drug-likeness (QED) is 0.700. The molecule has 0 radical (unpaired) electrons. The molecule has 1 atom stereocenters. The lowest BCUT2D eigenvalue weighted by Crippen LogP contribution is -2.27. The lowest BCUT2D eigenvalue weighted by atomic mass is 9.88. The van der Waals surface area contributed by atoms with Crippen LogP contribution in [-0.2, 0) is 4.79 Å². The Kier molecular flexibility index (Phi) is 4.03. The van der Waals surface area contributed by atoms with E-state index < -0.39 is 0 Å². The van der Waals surface area contributed by atoms with Crippen LogP contribution in [-0.4, -0.2) is 16.9 Å². The fraction of sp³-hybridized carbons (Fsp3) is 0.250. The molecule has 1 fully saturated rings. The first-order chi connectivity index (χ1) is 11.7. The van der Waals surface area contributed by atoms with Crippen molar-refractivity contribution < 1.29 is 4.79 Å². The number of aromatic nitrogens is 1. The van der Waals surface area contributed by atoms with E-state index in [0.717, 1.165) is 34.9 Å². The maximum atomic E-state index is 12.4. The van der Waals surface area contributed by atoms with Gasteiger partial charge in [0, 0.05) is 40.5 Å². The van der Waals surface area contributed by atoms with Gasteiger partial charge in [0.1, 0.15) is 0 Å². The highest BCUT2D eigenvalue weighted by Crippen LogP contribution is 2.34. The van der Waals surface area contributed by atoms with Crippen molar-refractivity contribution in [2.75, 3.05) is 0 Å². The van der Waals surface area contributed by atoms with Gasteiger partial charge in [0.05, 0.1) is 0 Å². The molecule has 0 bridgehead atoms. The predicted molar refractivity (Wildman–Crippen MR) is 97.4 cm³/mol. The highest BCUT2D eigenvalue weighted by molar-refractivity contribution is 6.30. The average Bonchev–Trinajstić information content (AvgIpc) is 3.30. The van der Waals surface area contributed by atoms with Crippen LogP contribution < -0.4 is 5.32 Å². The first-order valence-electron chi connectivity index (χ1n) is 8.31. The van der Waals surface area contributed by atoms with E-state index in [1.165, 1.54) is 0 Å². The summed E-state index contributed by atoms with van der Waals surface area (Å²) in [6, 6.07) is 16.4. The number of rotatable bonds is 5. The van der Waals surface area contributed by atoms with Crippen LogP contribution in [0.5, 0.6) is 0 Å². The second-order valence-corrected chi connectivity index (χ2v) is 6.88. The Labute approximate surface area is 146 Å². The van der Waals surface area contributed by atoms with Crippen LogP contribution in [0.3, 0.4) is 0 Å². The molecule has 3 nitrogen and oxygen atoms in total. The summed E-state index contributed by atoms with van der Waals surface area (Å²) in [4.78, 5) is 15.7. The number of para-hydroxylation sites is 1.